The molecule has 1 N–H and O–H groups in total. The second kappa shape index (κ2) is 7.52. The Kier molecular flexibility index (Phi) is 6.68. The van der Waals surface area contributed by atoms with E-state index in [1.807, 2.05) is 6.07 Å². The Morgan fingerprint density at radius 1 is 1.28 bits per heavy atom. The quantitative estimate of drug-likeness (QED) is 0.780. The molecule has 0 heterocycles. The van der Waals surface area contributed by atoms with Crippen molar-refractivity contribution in [3.63, 3.8) is 0 Å². The molecule has 0 spiro atoms. The molecule has 0 fully saturated rings. The van der Waals surface area contributed by atoms with E-state index >= 15 is 0 Å². The van der Waals surface area contributed by atoms with E-state index in [1.165, 1.54) is 5.56 Å². The molecule has 0 saturated heterocycles. The zero-order valence-electron chi connectivity index (χ0n) is 11.6. The second-order valence-electron chi connectivity index (χ2n) is 5.21. The Bertz CT molecular complexity index is 379. The van der Waals surface area contributed by atoms with E-state index < -0.39 is 0 Å². The molecule has 0 radical (unpaired) electrons. The van der Waals surface area contributed by atoms with Crippen LogP contribution in [0.2, 0.25) is 5.02 Å². The van der Waals surface area contributed by atoms with Gasteiger partial charge in [-0.25, -0.2) is 0 Å². The highest BCUT2D eigenvalue weighted by Gasteiger charge is 2.20. The van der Waals surface area contributed by atoms with Gasteiger partial charge < -0.3 is 5.32 Å². The van der Waals surface area contributed by atoms with Gasteiger partial charge in [0.05, 0.1) is 0 Å². The lowest BCUT2D eigenvalue weighted by Crippen LogP contribution is -2.39. The van der Waals surface area contributed by atoms with Crippen LogP contribution in [0.4, 0.5) is 0 Å². The van der Waals surface area contributed by atoms with E-state index in [2.05, 4.69) is 61.1 Å². The van der Waals surface area contributed by atoms with Gasteiger partial charge >= 0.3 is 0 Å². The maximum atomic E-state index is 6.30. The topological polar surface area (TPSA) is 12.0 Å². The highest BCUT2D eigenvalue weighted by molar-refractivity contribution is 9.10. The lowest BCUT2D eigenvalue weighted by molar-refractivity contribution is 0.300. The maximum Gasteiger partial charge on any atom is 0.0449 e. The summed E-state index contributed by atoms with van der Waals surface area (Å²) in [5.41, 5.74) is 1.22. The second-order valence-corrected chi connectivity index (χ2v) is 6.53. The molecule has 3 heteroatoms. The molecular weight excluding hydrogens is 310 g/mol. The Hall–Kier alpha value is -0.0500. The van der Waals surface area contributed by atoms with Crippen molar-refractivity contribution < 1.29 is 0 Å². The molecule has 18 heavy (non-hydrogen) atoms. The number of hydrogen-bond acceptors (Lipinski definition) is 1. The predicted octanol–water partition coefficient (Wildman–Crippen LogP) is 4.92. The molecule has 102 valence electrons. The lowest BCUT2D eigenvalue weighted by atomic mass is 9.86. The predicted molar refractivity (Wildman–Crippen MR) is 84.3 cm³/mol. The number of nitrogens with one attached hydrogen (secondary N) is 1. The van der Waals surface area contributed by atoms with Gasteiger partial charge in [0.2, 0.25) is 0 Å². The van der Waals surface area contributed by atoms with Crippen LogP contribution >= 0.6 is 27.5 Å². The van der Waals surface area contributed by atoms with Crippen molar-refractivity contribution in [2.45, 2.75) is 40.2 Å². The molecule has 1 aromatic rings. The van der Waals surface area contributed by atoms with Crippen molar-refractivity contribution in [1.82, 2.24) is 5.32 Å². The summed E-state index contributed by atoms with van der Waals surface area (Å²) in [5.74, 6) is 1.30. The molecule has 0 aliphatic heterocycles. The van der Waals surface area contributed by atoms with Gasteiger partial charge in [-0.2, -0.15) is 0 Å². The minimum absolute atomic E-state index is 0.480. The van der Waals surface area contributed by atoms with Gasteiger partial charge in [0.1, 0.15) is 0 Å². The van der Waals surface area contributed by atoms with Crippen molar-refractivity contribution in [3.05, 3.63) is 33.3 Å². The largest absolute Gasteiger partial charge is 0.314 e. The monoisotopic (exact) mass is 331 g/mol. The minimum Gasteiger partial charge on any atom is -0.314 e. The fraction of sp³-hybridized carbons (Fsp3) is 0.600. The lowest BCUT2D eigenvalue weighted by Gasteiger charge is -2.28. The summed E-state index contributed by atoms with van der Waals surface area (Å²) < 4.78 is 1.04. The number of benzene rings is 1. The first-order valence-corrected chi connectivity index (χ1v) is 7.80. The van der Waals surface area contributed by atoms with Crippen molar-refractivity contribution in [2.75, 3.05) is 6.54 Å². The molecule has 0 aromatic heterocycles. The SMILES string of the molecule is CCNC(Cc1ccc(Br)cc1Cl)C(C)C(C)C. The van der Waals surface area contributed by atoms with Crippen molar-refractivity contribution in [1.29, 1.82) is 0 Å². The maximum absolute atomic E-state index is 6.30. The van der Waals surface area contributed by atoms with Gasteiger partial charge in [-0.3, -0.25) is 0 Å². The van der Waals surface area contributed by atoms with Gasteiger partial charge in [0.15, 0.2) is 0 Å². The molecule has 2 atom stereocenters. The summed E-state index contributed by atoms with van der Waals surface area (Å²) >= 11 is 9.75. The summed E-state index contributed by atoms with van der Waals surface area (Å²) in [5, 5.41) is 4.43. The van der Waals surface area contributed by atoms with Crippen LogP contribution in [0.5, 0.6) is 0 Å². The third kappa shape index (κ3) is 4.56. The molecule has 0 saturated carbocycles. The molecular formula is C15H23BrClN. The standard InChI is InChI=1S/C15H23BrClN/c1-5-18-15(11(4)10(2)3)8-12-6-7-13(16)9-14(12)17/h6-7,9-11,15,18H,5,8H2,1-4H3. The number of likely N-dealkylation sites (N-methyl/N-ethyl adjacent to an activating group) is 1. The van der Waals surface area contributed by atoms with Crippen LogP contribution in [-0.2, 0) is 6.42 Å². The van der Waals surface area contributed by atoms with Gasteiger partial charge in [0, 0.05) is 15.5 Å². The molecule has 2 unspecified atom stereocenters. The molecule has 0 amide bonds. The molecule has 1 nitrogen and oxygen atoms in total. The molecule has 0 aliphatic carbocycles. The van der Waals surface area contributed by atoms with Gasteiger partial charge in [-0.1, -0.05) is 61.3 Å². The van der Waals surface area contributed by atoms with E-state index in [0.717, 1.165) is 22.5 Å². The summed E-state index contributed by atoms with van der Waals surface area (Å²) in [6.07, 6.45) is 0.985. The summed E-state index contributed by atoms with van der Waals surface area (Å²) in [6.45, 7) is 10.0. The average Bonchev–Trinajstić information content (AvgIpc) is 2.30. The average molecular weight is 333 g/mol. The van der Waals surface area contributed by atoms with Gasteiger partial charge in [-0.05, 0) is 42.5 Å². The summed E-state index contributed by atoms with van der Waals surface area (Å²) in [7, 11) is 0. The first-order chi connectivity index (χ1) is 8.45. The van der Waals surface area contributed by atoms with Crippen LogP contribution in [0.15, 0.2) is 22.7 Å². The highest BCUT2D eigenvalue weighted by atomic mass is 79.9. The first kappa shape index (κ1) is 16.0. The number of rotatable bonds is 6. The van der Waals surface area contributed by atoms with Crippen molar-refractivity contribution in [3.8, 4) is 0 Å². The molecule has 1 aromatic carbocycles. The Morgan fingerprint density at radius 2 is 1.94 bits per heavy atom. The molecule has 0 bridgehead atoms. The highest BCUT2D eigenvalue weighted by Crippen LogP contribution is 2.25. The first-order valence-electron chi connectivity index (χ1n) is 6.63. The van der Waals surface area contributed by atoms with Gasteiger partial charge in [0.25, 0.3) is 0 Å². The van der Waals surface area contributed by atoms with E-state index in [9.17, 15) is 0 Å². The normalized spacial score (nSPS) is 14.8. The fourth-order valence-corrected chi connectivity index (χ4v) is 2.85. The Morgan fingerprint density at radius 3 is 2.44 bits per heavy atom. The molecule has 1 rings (SSSR count). The number of halogens is 2. The zero-order chi connectivity index (χ0) is 13.7. The van der Waals surface area contributed by atoms with Gasteiger partial charge in [-0.15, -0.1) is 0 Å². The van der Waals surface area contributed by atoms with E-state index in [1.54, 1.807) is 0 Å². The smallest absolute Gasteiger partial charge is 0.0449 e. The van der Waals surface area contributed by atoms with Crippen LogP contribution < -0.4 is 5.32 Å². The zero-order valence-corrected chi connectivity index (χ0v) is 14.0. The van der Waals surface area contributed by atoms with Crippen molar-refractivity contribution >= 4 is 27.5 Å². The fourth-order valence-electron chi connectivity index (χ4n) is 2.09. The van der Waals surface area contributed by atoms with Crippen LogP contribution in [0.1, 0.15) is 33.3 Å². The summed E-state index contributed by atoms with van der Waals surface area (Å²) in [6, 6.07) is 6.63. The van der Waals surface area contributed by atoms with Crippen LogP contribution in [0.3, 0.4) is 0 Å². The van der Waals surface area contributed by atoms with Crippen LogP contribution in [0, 0.1) is 11.8 Å². The summed E-state index contributed by atoms with van der Waals surface area (Å²) in [4.78, 5) is 0. The van der Waals surface area contributed by atoms with E-state index in [0.29, 0.717) is 17.9 Å². The molecule has 0 aliphatic rings. The van der Waals surface area contributed by atoms with Crippen LogP contribution in [0.25, 0.3) is 0 Å². The van der Waals surface area contributed by atoms with Crippen molar-refractivity contribution in [2.24, 2.45) is 11.8 Å². The van der Waals surface area contributed by atoms with E-state index in [4.69, 9.17) is 11.6 Å². The minimum atomic E-state index is 0.480. The Balaban J connectivity index is 2.82. The number of hydrogen-bond donors (Lipinski definition) is 1. The third-order valence-electron chi connectivity index (χ3n) is 3.61. The third-order valence-corrected chi connectivity index (χ3v) is 4.45. The van der Waals surface area contributed by atoms with E-state index in [-0.39, 0.29) is 0 Å². The van der Waals surface area contributed by atoms with Crippen LogP contribution in [-0.4, -0.2) is 12.6 Å². The Labute approximate surface area is 124 Å².